The van der Waals surface area contributed by atoms with Crippen molar-refractivity contribution in [2.24, 2.45) is 17.8 Å². The lowest BCUT2D eigenvalue weighted by molar-refractivity contribution is -0.136. The van der Waals surface area contributed by atoms with E-state index in [2.05, 4.69) is 5.32 Å². The molecule has 0 heterocycles. The Morgan fingerprint density at radius 3 is 2.45 bits per heavy atom. The van der Waals surface area contributed by atoms with Crippen LogP contribution in [-0.4, -0.2) is 11.7 Å². The molecule has 1 N–H and O–H groups in total. The summed E-state index contributed by atoms with van der Waals surface area (Å²) in [6, 6.07) is 7.24. The first-order valence-corrected chi connectivity index (χ1v) is 7.62. The molecule has 0 aliphatic heterocycles. The van der Waals surface area contributed by atoms with Crippen LogP contribution < -0.4 is 5.32 Å². The number of para-hydroxylation sites is 1. The van der Waals surface area contributed by atoms with E-state index in [1.54, 1.807) is 12.1 Å². The molecule has 106 valence electrons. The third-order valence-corrected chi connectivity index (χ3v) is 4.88. The van der Waals surface area contributed by atoms with Crippen LogP contribution in [0.3, 0.4) is 0 Å². The van der Waals surface area contributed by atoms with Gasteiger partial charge in [-0.2, -0.15) is 0 Å². The van der Waals surface area contributed by atoms with Gasteiger partial charge < -0.3 is 5.32 Å². The predicted octanol–water partition coefficient (Wildman–Crippen LogP) is 3.67. The lowest BCUT2D eigenvalue weighted by Gasteiger charge is -2.36. The molecule has 2 bridgehead atoms. The molecule has 1 aromatic carbocycles. The van der Waals surface area contributed by atoms with Crippen LogP contribution in [0.25, 0.3) is 0 Å². The van der Waals surface area contributed by atoms with Crippen molar-refractivity contribution in [3.63, 3.8) is 0 Å². The zero-order valence-electron chi connectivity index (χ0n) is 11.3. The largest absolute Gasteiger partial charge is 0.325 e. The van der Waals surface area contributed by atoms with Crippen LogP contribution in [-0.2, 0) is 9.59 Å². The van der Waals surface area contributed by atoms with Crippen molar-refractivity contribution < 1.29 is 9.59 Å². The summed E-state index contributed by atoms with van der Waals surface area (Å²) in [4.78, 5) is 24.4. The Hall–Kier alpha value is -1.35. The maximum atomic E-state index is 12.4. The molecular weight excluding hydrogens is 274 g/mol. The Morgan fingerprint density at radius 1 is 1.15 bits per heavy atom. The Balaban J connectivity index is 1.69. The van der Waals surface area contributed by atoms with Gasteiger partial charge in [-0.15, -0.1) is 0 Å². The van der Waals surface area contributed by atoms with E-state index in [1.807, 2.05) is 12.1 Å². The number of amides is 1. The minimum Gasteiger partial charge on any atom is -0.325 e. The van der Waals surface area contributed by atoms with Crippen molar-refractivity contribution >= 4 is 29.0 Å². The van der Waals surface area contributed by atoms with Crippen molar-refractivity contribution in [2.45, 2.75) is 32.1 Å². The molecule has 0 unspecified atom stereocenters. The Morgan fingerprint density at radius 2 is 1.80 bits per heavy atom. The number of carbonyl (C=O) groups excluding carboxylic acids is 2. The Bertz CT molecular complexity index is 527. The van der Waals surface area contributed by atoms with Gasteiger partial charge in [0.2, 0.25) is 5.91 Å². The first kappa shape index (κ1) is 13.6. The fourth-order valence-corrected chi connectivity index (χ4v) is 3.67. The predicted molar refractivity (Wildman–Crippen MR) is 78.6 cm³/mol. The Labute approximate surface area is 123 Å². The minimum absolute atomic E-state index is 0.00231. The lowest BCUT2D eigenvalue weighted by Crippen LogP contribution is -2.40. The van der Waals surface area contributed by atoms with Crippen LogP contribution in [0.5, 0.6) is 0 Å². The molecular formula is C16H18ClNO2. The molecule has 3 rings (SSSR count). The van der Waals surface area contributed by atoms with Gasteiger partial charge in [0.1, 0.15) is 5.78 Å². The molecule has 3 nitrogen and oxygen atoms in total. The summed E-state index contributed by atoms with van der Waals surface area (Å²) in [7, 11) is 0. The minimum atomic E-state index is -0.0562. The maximum absolute atomic E-state index is 12.4. The summed E-state index contributed by atoms with van der Waals surface area (Å²) in [5.74, 6) is 0.536. The van der Waals surface area contributed by atoms with E-state index in [0.29, 0.717) is 29.3 Å². The molecule has 20 heavy (non-hydrogen) atoms. The van der Waals surface area contributed by atoms with Gasteiger partial charge in [-0.3, -0.25) is 9.59 Å². The van der Waals surface area contributed by atoms with Crippen molar-refractivity contribution in [3.8, 4) is 0 Å². The van der Waals surface area contributed by atoms with E-state index < -0.39 is 0 Å². The molecule has 2 atom stereocenters. The van der Waals surface area contributed by atoms with Gasteiger partial charge >= 0.3 is 0 Å². The van der Waals surface area contributed by atoms with Crippen LogP contribution in [0.1, 0.15) is 32.1 Å². The highest BCUT2D eigenvalue weighted by Gasteiger charge is 2.41. The van der Waals surface area contributed by atoms with Crippen LogP contribution in [0.15, 0.2) is 24.3 Å². The quantitative estimate of drug-likeness (QED) is 0.903. The molecule has 2 fully saturated rings. The summed E-state index contributed by atoms with van der Waals surface area (Å²) in [5, 5.41) is 3.45. The van der Waals surface area contributed by atoms with Crippen molar-refractivity contribution in [1.82, 2.24) is 0 Å². The fraction of sp³-hybridized carbons (Fsp3) is 0.500. The number of benzene rings is 1. The number of anilines is 1. The van der Waals surface area contributed by atoms with Crippen LogP contribution in [0.4, 0.5) is 5.69 Å². The highest BCUT2D eigenvalue weighted by atomic mass is 35.5. The third kappa shape index (κ3) is 2.59. The number of Topliss-reactive ketones (excluding diaryl/α,β-unsaturated/α-hetero) is 1. The SMILES string of the molecule is O=C(Nc1ccccc1Cl)C1C[C@H]2CCC[C@H](C1)C2=O. The standard InChI is InChI=1S/C16H18ClNO2/c17-13-6-1-2-7-14(13)18-16(20)12-8-10-4-3-5-11(9-12)15(10)19/h1-2,6-7,10-12H,3-5,8-9H2,(H,18,20)/t10-,11-/m1/s1. The van der Waals surface area contributed by atoms with Gasteiger partial charge in [0, 0.05) is 17.8 Å². The molecule has 1 amide bonds. The highest BCUT2D eigenvalue weighted by Crippen LogP contribution is 2.40. The lowest BCUT2D eigenvalue weighted by atomic mass is 9.67. The van der Waals surface area contributed by atoms with Crippen molar-refractivity contribution in [1.29, 1.82) is 0 Å². The van der Waals surface area contributed by atoms with Crippen molar-refractivity contribution in [2.75, 3.05) is 5.32 Å². The topological polar surface area (TPSA) is 46.2 Å². The second kappa shape index (κ2) is 5.57. The first-order chi connectivity index (χ1) is 9.65. The summed E-state index contributed by atoms with van der Waals surface area (Å²) < 4.78 is 0. The monoisotopic (exact) mass is 291 g/mol. The normalized spacial score (nSPS) is 29.1. The Kier molecular flexibility index (Phi) is 3.79. The summed E-state index contributed by atoms with van der Waals surface area (Å²) in [6.07, 6.45) is 4.42. The van der Waals surface area contributed by atoms with Gasteiger partial charge in [-0.05, 0) is 37.8 Å². The second-order valence-electron chi connectivity index (χ2n) is 5.86. The average molecular weight is 292 g/mol. The summed E-state index contributed by atoms with van der Waals surface area (Å²) in [5.41, 5.74) is 0.654. The third-order valence-electron chi connectivity index (χ3n) is 4.55. The summed E-state index contributed by atoms with van der Waals surface area (Å²) in [6.45, 7) is 0. The van der Waals surface area contributed by atoms with E-state index in [4.69, 9.17) is 11.6 Å². The molecule has 0 spiro atoms. The molecule has 0 aromatic heterocycles. The number of nitrogens with one attached hydrogen (secondary N) is 1. The number of halogens is 1. The van der Waals surface area contributed by atoms with E-state index in [0.717, 1.165) is 19.3 Å². The maximum Gasteiger partial charge on any atom is 0.227 e. The van der Waals surface area contributed by atoms with E-state index in [1.165, 1.54) is 0 Å². The molecule has 0 saturated heterocycles. The first-order valence-electron chi connectivity index (χ1n) is 7.24. The van der Waals surface area contributed by atoms with Crippen LogP contribution >= 0.6 is 11.6 Å². The average Bonchev–Trinajstić information content (AvgIpc) is 2.41. The van der Waals surface area contributed by atoms with Crippen LogP contribution in [0.2, 0.25) is 5.02 Å². The molecule has 2 aliphatic rings. The van der Waals surface area contributed by atoms with Gasteiger partial charge in [0.15, 0.2) is 0 Å². The number of ketones is 1. The molecule has 1 aromatic rings. The number of fused-ring (bicyclic) bond motifs is 2. The fourth-order valence-electron chi connectivity index (χ4n) is 3.49. The zero-order valence-corrected chi connectivity index (χ0v) is 12.0. The number of carbonyl (C=O) groups is 2. The van der Waals surface area contributed by atoms with E-state index in [9.17, 15) is 9.59 Å². The molecule has 2 saturated carbocycles. The van der Waals surface area contributed by atoms with Gasteiger partial charge in [0.25, 0.3) is 0 Å². The molecule has 4 heteroatoms. The van der Waals surface area contributed by atoms with E-state index >= 15 is 0 Å². The molecule has 2 aliphatic carbocycles. The van der Waals surface area contributed by atoms with Gasteiger partial charge in [-0.25, -0.2) is 0 Å². The number of rotatable bonds is 2. The molecule has 0 radical (unpaired) electrons. The van der Waals surface area contributed by atoms with Crippen LogP contribution in [0, 0.1) is 17.8 Å². The number of hydrogen-bond acceptors (Lipinski definition) is 2. The van der Waals surface area contributed by atoms with Gasteiger partial charge in [0.05, 0.1) is 10.7 Å². The number of hydrogen-bond donors (Lipinski definition) is 1. The van der Waals surface area contributed by atoms with Crippen molar-refractivity contribution in [3.05, 3.63) is 29.3 Å². The summed E-state index contributed by atoms with van der Waals surface area (Å²) >= 11 is 6.06. The highest BCUT2D eigenvalue weighted by molar-refractivity contribution is 6.33. The second-order valence-corrected chi connectivity index (χ2v) is 6.27. The van der Waals surface area contributed by atoms with Gasteiger partial charge in [-0.1, -0.05) is 30.2 Å². The zero-order chi connectivity index (χ0) is 14.1. The smallest absolute Gasteiger partial charge is 0.227 e. The van der Waals surface area contributed by atoms with E-state index in [-0.39, 0.29) is 23.7 Å².